The van der Waals surface area contributed by atoms with E-state index < -0.39 is 0 Å². The molecule has 1 N–H and O–H groups in total. The van der Waals surface area contributed by atoms with Gasteiger partial charge in [-0.2, -0.15) is 15.0 Å². The molecule has 21 heavy (non-hydrogen) atoms. The smallest absolute Gasteiger partial charge is 0.323 e. The summed E-state index contributed by atoms with van der Waals surface area (Å²) in [7, 11) is 2.04. The number of aromatic nitrogens is 3. The minimum atomic E-state index is 0.0520. The van der Waals surface area contributed by atoms with E-state index in [2.05, 4.69) is 32.1 Å². The largest absolute Gasteiger partial charge is 0.461 e. The van der Waals surface area contributed by atoms with Crippen LogP contribution in [0.4, 0.5) is 11.9 Å². The van der Waals surface area contributed by atoms with Crippen LogP contribution in [0.2, 0.25) is 0 Å². The van der Waals surface area contributed by atoms with E-state index in [-0.39, 0.29) is 6.10 Å². The third-order valence-electron chi connectivity index (χ3n) is 3.58. The van der Waals surface area contributed by atoms with Crippen molar-refractivity contribution in [3.05, 3.63) is 0 Å². The van der Waals surface area contributed by atoms with E-state index in [1.807, 2.05) is 20.9 Å². The van der Waals surface area contributed by atoms with Crippen molar-refractivity contribution in [1.29, 1.82) is 0 Å². The summed E-state index contributed by atoms with van der Waals surface area (Å²) in [6, 6.07) is 0.397. The van der Waals surface area contributed by atoms with Crippen molar-refractivity contribution in [2.45, 2.75) is 52.6 Å². The van der Waals surface area contributed by atoms with Gasteiger partial charge < -0.3 is 15.0 Å². The summed E-state index contributed by atoms with van der Waals surface area (Å²) in [5, 5.41) is 3.22. The highest BCUT2D eigenvalue weighted by Crippen LogP contribution is 2.28. The molecule has 1 fully saturated rings. The van der Waals surface area contributed by atoms with Crippen LogP contribution in [0.5, 0.6) is 6.01 Å². The molecule has 1 saturated carbocycles. The maximum atomic E-state index is 5.64. The van der Waals surface area contributed by atoms with E-state index in [9.17, 15) is 0 Å². The topological polar surface area (TPSA) is 63.2 Å². The molecule has 0 unspecified atom stereocenters. The minimum absolute atomic E-state index is 0.0520. The van der Waals surface area contributed by atoms with Crippen molar-refractivity contribution in [3.8, 4) is 6.01 Å². The monoisotopic (exact) mass is 293 g/mol. The summed E-state index contributed by atoms with van der Waals surface area (Å²) in [5.74, 6) is 2.05. The number of nitrogens with one attached hydrogen (secondary N) is 1. The Bertz CT molecular complexity index is 448. The molecule has 0 saturated heterocycles. The molecule has 1 aromatic rings. The van der Waals surface area contributed by atoms with Crippen LogP contribution < -0.4 is 15.0 Å². The fourth-order valence-corrected chi connectivity index (χ4v) is 2.24. The maximum absolute atomic E-state index is 5.64. The van der Waals surface area contributed by atoms with Crippen molar-refractivity contribution in [2.75, 3.05) is 30.4 Å². The van der Waals surface area contributed by atoms with Crippen LogP contribution in [-0.2, 0) is 0 Å². The van der Waals surface area contributed by atoms with Crippen LogP contribution in [-0.4, -0.2) is 41.2 Å². The van der Waals surface area contributed by atoms with Gasteiger partial charge in [0.25, 0.3) is 0 Å². The lowest BCUT2D eigenvalue weighted by Crippen LogP contribution is -2.31. The number of hydrogen-bond acceptors (Lipinski definition) is 6. The third kappa shape index (κ3) is 4.72. The number of nitrogens with zero attached hydrogens (tertiary/aromatic N) is 4. The SMILES string of the molecule is CCCNc1nc(OC(C)C)nc(N(C)CC2CCC2)n1. The summed E-state index contributed by atoms with van der Waals surface area (Å²) >= 11 is 0. The summed E-state index contributed by atoms with van der Waals surface area (Å²) in [5.41, 5.74) is 0. The van der Waals surface area contributed by atoms with Gasteiger partial charge in [0.1, 0.15) is 0 Å². The average molecular weight is 293 g/mol. The minimum Gasteiger partial charge on any atom is -0.461 e. The highest BCUT2D eigenvalue weighted by atomic mass is 16.5. The van der Waals surface area contributed by atoms with Gasteiger partial charge in [-0.05, 0) is 39.0 Å². The Morgan fingerprint density at radius 2 is 2.05 bits per heavy atom. The Morgan fingerprint density at radius 1 is 1.29 bits per heavy atom. The first-order valence-corrected chi connectivity index (χ1v) is 7.96. The standard InChI is InChI=1S/C15H27N5O/c1-5-9-16-13-17-14(19-15(18-13)21-11(2)3)20(4)10-12-7-6-8-12/h11-12H,5-10H2,1-4H3,(H,16,17,18,19). The molecule has 0 bridgehead atoms. The molecule has 0 amide bonds. The Balaban J connectivity index is 2.12. The van der Waals surface area contributed by atoms with E-state index >= 15 is 0 Å². The Labute approximate surface area is 127 Å². The van der Waals surface area contributed by atoms with E-state index in [1.165, 1.54) is 19.3 Å². The molecule has 1 heterocycles. The molecule has 0 atom stereocenters. The molecule has 1 aliphatic carbocycles. The molecule has 0 spiro atoms. The van der Waals surface area contributed by atoms with Gasteiger partial charge >= 0.3 is 6.01 Å². The van der Waals surface area contributed by atoms with Crippen LogP contribution in [0.1, 0.15) is 46.5 Å². The summed E-state index contributed by atoms with van der Waals surface area (Å²) in [6.45, 7) is 7.90. The van der Waals surface area contributed by atoms with Crippen LogP contribution in [0.3, 0.4) is 0 Å². The number of ether oxygens (including phenoxy) is 1. The number of anilines is 2. The maximum Gasteiger partial charge on any atom is 0.323 e. The molecule has 6 heteroatoms. The first-order valence-electron chi connectivity index (χ1n) is 7.96. The van der Waals surface area contributed by atoms with Crippen LogP contribution in [0.15, 0.2) is 0 Å². The lowest BCUT2D eigenvalue weighted by atomic mass is 9.85. The van der Waals surface area contributed by atoms with Crippen molar-refractivity contribution < 1.29 is 4.74 Å². The Kier molecular flexibility index (Phi) is 5.59. The van der Waals surface area contributed by atoms with E-state index in [0.29, 0.717) is 17.9 Å². The van der Waals surface area contributed by atoms with Crippen molar-refractivity contribution in [3.63, 3.8) is 0 Å². The van der Waals surface area contributed by atoms with Gasteiger partial charge in [0.2, 0.25) is 11.9 Å². The van der Waals surface area contributed by atoms with Crippen molar-refractivity contribution in [2.24, 2.45) is 5.92 Å². The lowest BCUT2D eigenvalue weighted by Gasteiger charge is -2.30. The quantitative estimate of drug-likeness (QED) is 0.795. The van der Waals surface area contributed by atoms with Crippen LogP contribution >= 0.6 is 0 Å². The molecule has 6 nitrogen and oxygen atoms in total. The summed E-state index contributed by atoms with van der Waals surface area (Å²) < 4.78 is 5.64. The zero-order valence-corrected chi connectivity index (χ0v) is 13.6. The second kappa shape index (κ2) is 7.43. The third-order valence-corrected chi connectivity index (χ3v) is 3.58. The van der Waals surface area contributed by atoms with Crippen molar-refractivity contribution >= 4 is 11.9 Å². The molecule has 0 aromatic carbocycles. The fraction of sp³-hybridized carbons (Fsp3) is 0.800. The highest BCUT2D eigenvalue weighted by Gasteiger charge is 2.21. The second-order valence-electron chi connectivity index (χ2n) is 6.01. The normalized spacial score (nSPS) is 14.9. The molecule has 0 aliphatic heterocycles. The average Bonchev–Trinajstić information content (AvgIpc) is 2.39. The van der Waals surface area contributed by atoms with E-state index in [4.69, 9.17) is 4.74 Å². The molecule has 1 aliphatic rings. The lowest BCUT2D eigenvalue weighted by molar-refractivity contribution is 0.222. The van der Waals surface area contributed by atoms with Gasteiger partial charge in [0, 0.05) is 20.1 Å². The van der Waals surface area contributed by atoms with Gasteiger partial charge in [-0.3, -0.25) is 0 Å². The number of rotatable bonds is 8. The zero-order valence-electron chi connectivity index (χ0n) is 13.6. The van der Waals surface area contributed by atoms with Gasteiger partial charge in [0.15, 0.2) is 0 Å². The predicted molar refractivity (Wildman–Crippen MR) is 85.0 cm³/mol. The molecule has 118 valence electrons. The molecule has 2 rings (SSSR count). The van der Waals surface area contributed by atoms with Crippen molar-refractivity contribution in [1.82, 2.24) is 15.0 Å². The van der Waals surface area contributed by atoms with Gasteiger partial charge in [-0.1, -0.05) is 13.3 Å². The summed E-state index contributed by atoms with van der Waals surface area (Å²) in [4.78, 5) is 15.4. The van der Waals surface area contributed by atoms with E-state index in [1.54, 1.807) is 0 Å². The predicted octanol–water partition coefficient (Wildman–Crippen LogP) is 2.72. The molecule has 0 radical (unpaired) electrons. The fourth-order valence-electron chi connectivity index (χ4n) is 2.24. The van der Waals surface area contributed by atoms with Crippen LogP contribution in [0, 0.1) is 5.92 Å². The van der Waals surface area contributed by atoms with E-state index in [0.717, 1.165) is 25.4 Å². The molecule has 1 aromatic heterocycles. The van der Waals surface area contributed by atoms with Gasteiger partial charge in [0.05, 0.1) is 6.10 Å². The first kappa shape index (κ1) is 15.8. The Morgan fingerprint density at radius 3 is 2.62 bits per heavy atom. The Hall–Kier alpha value is -1.59. The molecular weight excluding hydrogens is 266 g/mol. The highest BCUT2D eigenvalue weighted by molar-refractivity contribution is 5.37. The zero-order chi connectivity index (χ0) is 15.2. The first-order chi connectivity index (χ1) is 10.1. The van der Waals surface area contributed by atoms with Gasteiger partial charge in [-0.15, -0.1) is 0 Å². The second-order valence-corrected chi connectivity index (χ2v) is 6.01. The van der Waals surface area contributed by atoms with Gasteiger partial charge in [-0.25, -0.2) is 0 Å². The molecular formula is C15H27N5O. The van der Waals surface area contributed by atoms with Crippen LogP contribution in [0.25, 0.3) is 0 Å². The summed E-state index contributed by atoms with van der Waals surface area (Å²) in [6.07, 6.45) is 5.05. The number of hydrogen-bond donors (Lipinski definition) is 1.